The molecular formula is C18H16BrNO4. The number of para-hydroxylation sites is 1. The minimum absolute atomic E-state index is 0.189. The van der Waals surface area contributed by atoms with Gasteiger partial charge in [0.15, 0.2) is 11.5 Å². The summed E-state index contributed by atoms with van der Waals surface area (Å²) >= 11 is 3.46. The maximum Gasteiger partial charge on any atom is 0.244 e. The van der Waals surface area contributed by atoms with Gasteiger partial charge < -0.3 is 19.5 Å². The van der Waals surface area contributed by atoms with Crippen molar-refractivity contribution in [3.8, 4) is 17.2 Å². The van der Waals surface area contributed by atoms with Crippen LogP contribution in [0.5, 0.6) is 17.2 Å². The summed E-state index contributed by atoms with van der Waals surface area (Å²) in [6.07, 6.45) is 3.21. The van der Waals surface area contributed by atoms with Crippen LogP contribution in [0.15, 0.2) is 46.9 Å². The zero-order valence-electron chi connectivity index (χ0n) is 13.0. The van der Waals surface area contributed by atoms with Gasteiger partial charge in [-0.25, -0.2) is 0 Å². The zero-order chi connectivity index (χ0) is 16.9. The first kappa shape index (κ1) is 16.4. The normalized spacial score (nSPS) is 12.4. The van der Waals surface area contributed by atoms with Gasteiger partial charge in [-0.15, -0.1) is 0 Å². The van der Waals surface area contributed by atoms with E-state index in [0.717, 1.165) is 21.3 Å². The van der Waals surface area contributed by atoms with E-state index in [1.54, 1.807) is 13.2 Å². The quantitative estimate of drug-likeness (QED) is 0.794. The number of fused-ring (bicyclic) bond motifs is 1. The van der Waals surface area contributed by atoms with Crippen molar-refractivity contribution in [1.82, 2.24) is 5.32 Å². The molecule has 1 aliphatic rings. The van der Waals surface area contributed by atoms with Gasteiger partial charge in [0.25, 0.3) is 0 Å². The van der Waals surface area contributed by atoms with Crippen LogP contribution in [0.2, 0.25) is 0 Å². The van der Waals surface area contributed by atoms with E-state index in [9.17, 15) is 4.79 Å². The van der Waals surface area contributed by atoms with Crippen molar-refractivity contribution < 1.29 is 19.0 Å². The predicted molar refractivity (Wildman–Crippen MR) is 94.1 cm³/mol. The fourth-order valence-corrected chi connectivity index (χ4v) is 2.77. The minimum atomic E-state index is -0.189. The van der Waals surface area contributed by atoms with Gasteiger partial charge in [-0.3, -0.25) is 4.79 Å². The van der Waals surface area contributed by atoms with Crippen molar-refractivity contribution in [3.63, 3.8) is 0 Å². The van der Waals surface area contributed by atoms with Crippen LogP contribution in [0.3, 0.4) is 0 Å². The van der Waals surface area contributed by atoms with Crippen LogP contribution in [0, 0.1) is 0 Å². The summed E-state index contributed by atoms with van der Waals surface area (Å²) in [5.41, 5.74) is 1.76. The zero-order valence-corrected chi connectivity index (χ0v) is 14.6. The molecule has 0 spiro atoms. The Labute approximate surface area is 148 Å². The molecule has 124 valence electrons. The van der Waals surface area contributed by atoms with E-state index in [0.29, 0.717) is 18.0 Å². The first-order chi connectivity index (χ1) is 11.7. The van der Waals surface area contributed by atoms with Gasteiger partial charge in [-0.05, 0) is 29.8 Å². The standard InChI is InChI=1S/C18H16BrNO4/c1-22-15-5-3-2-4-13(15)10-20-18(21)7-6-12-8-16-17(9-14(12)19)24-11-23-16/h2-9H,10-11H2,1H3,(H,20,21)/b7-6+. The maximum absolute atomic E-state index is 12.0. The predicted octanol–water partition coefficient (Wildman–Crippen LogP) is 3.52. The highest BCUT2D eigenvalue weighted by Gasteiger charge is 2.15. The Bertz CT molecular complexity index is 789. The fraction of sp³-hybridized carbons (Fsp3) is 0.167. The summed E-state index contributed by atoms with van der Waals surface area (Å²) in [6.45, 7) is 0.615. The van der Waals surface area contributed by atoms with Crippen LogP contribution >= 0.6 is 15.9 Å². The highest BCUT2D eigenvalue weighted by molar-refractivity contribution is 9.10. The SMILES string of the molecule is COc1ccccc1CNC(=O)/C=C/c1cc2c(cc1Br)OCO2. The number of rotatable bonds is 5. The molecule has 6 heteroatoms. The molecule has 24 heavy (non-hydrogen) atoms. The molecule has 0 saturated carbocycles. The molecule has 1 aliphatic heterocycles. The number of carbonyl (C=O) groups excluding carboxylic acids is 1. The molecule has 2 aromatic rings. The minimum Gasteiger partial charge on any atom is -0.496 e. The van der Waals surface area contributed by atoms with Gasteiger partial charge in [0.2, 0.25) is 12.7 Å². The van der Waals surface area contributed by atoms with Gasteiger partial charge in [-0.2, -0.15) is 0 Å². The molecule has 1 heterocycles. The lowest BCUT2D eigenvalue weighted by Crippen LogP contribution is -2.20. The van der Waals surface area contributed by atoms with Gasteiger partial charge in [0.05, 0.1) is 7.11 Å². The first-order valence-electron chi connectivity index (χ1n) is 7.34. The van der Waals surface area contributed by atoms with E-state index < -0.39 is 0 Å². The number of ether oxygens (including phenoxy) is 3. The number of benzene rings is 2. The highest BCUT2D eigenvalue weighted by Crippen LogP contribution is 2.37. The molecule has 1 N–H and O–H groups in total. The Morgan fingerprint density at radius 1 is 1.29 bits per heavy atom. The van der Waals surface area contributed by atoms with Gasteiger partial charge in [-0.1, -0.05) is 34.1 Å². The van der Waals surface area contributed by atoms with E-state index in [2.05, 4.69) is 21.2 Å². The van der Waals surface area contributed by atoms with E-state index in [1.807, 2.05) is 36.4 Å². The molecule has 0 atom stereocenters. The van der Waals surface area contributed by atoms with Gasteiger partial charge in [0, 0.05) is 22.7 Å². The number of hydrogen-bond acceptors (Lipinski definition) is 4. The van der Waals surface area contributed by atoms with E-state index in [4.69, 9.17) is 14.2 Å². The van der Waals surface area contributed by atoms with Gasteiger partial charge >= 0.3 is 0 Å². The van der Waals surface area contributed by atoms with E-state index >= 15 is 0 Å². The molecule has 3 rings (SSSR count). The molecule has 0 bridgehead atoms. The second kappa shape index (κ2) is 7.40. The summed E-state index contributed by atoms with van der Waals surface area (Å²) in [4.78, 5) is 12.0. The second-order valence-corrected chi connectivity index (χ2v) is 5.94. The van der Waals surface area contributed by atoms with Crippen LogP contribution in [0.4, 0.5) is 0 Å². The summed E-state index contributed by atoms with van der Waals surface area (Å²) < 4.78 is 16.7. The third-order valence-corrected chi connectivity index (χ3v) is 4.24. The molecule has 5 nitrogen and oxygen atoms in total. The summed E-state index contributed by atoms with van der Waals surface area (Å²) in [7, 11) is 1.61. The van der Waals surface area contributed by atoms with E-state index in [1.165, 1.54) is 6.08 Å². The van der Waals surface area contributed by atoms with Crippen molar-refractivity contribution in [2.24, 2.45) is 0 Å². The number of nitrogens with one attached hydrogen (secondary N) is 1. The molecule has 1 amide bonds. The first-order valence-corrected chi connectivity index (χ1v) is 8.13. The molecule has 0 unspecified atom stereocenters. The molecule has 2 aromatic carbocycles. The Morgan fingerprint density at radius 2 is 2.04 bits per heavy atom. The van der Waals surface area contributed by atoms with Crippen molar-refractivity contribution in [3.05, 3.63) is 58.1 Å². The molecule has 0 fully saturated rings. The number of hydrogen-bond donors (Lipinski definition) is 1. The number of amides is 1. The van der Waals surface area contributed by atoms with Gasteiger partial charge in [0.1, 0.15) is 5.75 Å². The third-order valence-electron chi connectivity index (χ3n) is 3.55. The average Bonchev–Trinajstić information content (AvgIpc) is 3.05. The van der Waals surface area contributed by atoms with Crippen molar-refractivity contribution in [2.75, 3.05) is 13.9 Å². The highest BCUT2D eigenvalue weighted by atomic mass is 79.9. The molecule has 0 aliphatic carbocycles. The fourth-order valence-electron chi connectivity index (χ4n) is 2.32. The molecule has 0 radical (unpaired) electrons. The van der Waals surface area contributed by atoms with Crippen molar-refractivity contribution in [2.45, 2.75) is 6.54 Å². The van der Waals surface area contributed by atoms with Crippen molar-refractivity contribution >= 4 is 27.9 Å². The Hall–Kier alpha value is -2.47. The number of methoxy groups -OCH3 is 1. The number of halogens is 1. The number of carbonyl (C=O) groups is 1. The van der Waals surface area contributed by atoms with Crippen molar-refractivity contribution in [1.29, 1.82) is 0 Å². The summed E-state index contributed by atoms with van der Waals surface area (Å²) in [5.74, 6) is 1.93. The molecule has 0 aromatic heterocycles. The monoisotopic (exact) mass is 389 g/mol. The lowest BCUT2D eigenvalue weighted by Gasteiger charge is -2.08. The van der Waals surface area contributed by atoms with Crippen LogP contribution in [0.1, 0.15) is 11.1 Å². The Kier molecular flexibility index (Phi) is 5.05. The lowest BCUT2D eigenvalue weighted by atomic mass is 10.2. The molecular weight excluding hydrogens is 374 g/mol. The maximum atomic E-state index is 12.0. The van der Waals surface area contributed by atoms with Crippen LogP contribution in [-0.2, 0) is 11.3 Å². The average molecular weight is 390 g/mol. The Balaban J connectivity index is 1.64. The third kappa shape index (κ3) is 3.71. The topological polar surface area (TPSA) is 56.8 Å². The van der Waals surface area contributed by atoms with Crippen LogP contribution in [0.25, 0.3) is 6.08 Å². The van der Waals surface area contributed by atoms with E-state index in [-0.39, 0.29) is 12.7 Å². The second-order valence-electron chi connectivity index (χ2n) is 5.09. The molecule has 0 saturated heterocycles. The smallest absolute Gasteiger partial charge is 0.244 e. The van der Waals surface area contributed by atoms with Crippen LogP contribution < -0.4 is 19.5 Å². The lowest BCUT2D eigenvalue weighted by molar-refractivity contribution is -0.116. The summed E-state index contributed by atoms with van der Waals surface area (Å²) in [6, 6.07) is 11.2. The Morgan fingerprint density at radius 3 is 2.83 bits per heavy atom. The largest absolute Gasteiger partial charge is 0.496 e. The van der Waals surface area contributed by atoms with Crippen LogP contribution in [-0.4, -0.2) is 19.8 Å². The summed E-state index contributed by atoms with van der Waals surface area (Å²) in [5, 5.41) is 2.84.